The lowest BCUT2D eigenvalue weighted by Crippen LogP contribution is -2.36. The van der Waals surface area contributed by atoms with Gasteiger partial charge in [0.1, 0.15) is 0 Å². The zero-order valence-electron chi connectivity index (χ0n) is 36.2. The summed E-state index contributed by atoms with van der Waals surface area (Å²) in [5.41, 5.74) is 5.47. The van der Waals surface area contributed by atoms with Gasteiger partial charge in [-0.3, -0.25) is 4.90 Å². The predicted octanol–water partition coefficient (Wildman–Crippen LogP) is 16.9. The molecule has 0 aliphatic rings. The molecule has 0 aliphatic heterocycles. The third-order valence-corrected chi connectivity index (χ3v) is 7.55. The third-order valence-electron chi connectivity index (χ3n) is 7.55. The van der Waals surface area contributed by atoms with Crippen LogP contribution in [0.5, 0.6) is 0 Å². The van der Waals surface area contributed by atoms with Crippen LogP contribution in [0.3, 0.4) is 0 Å². The molecule has 0 rings (SSSR count). The van der Waals surface area contributed by atoms with E-state index < -0.39 is 0 Å². The fourth-order valence-electron chi connectivity index (χ4n) is 4.60. The van der Waals surface area contributed by atoms with Gasteiger partial charge in [-0.25, -0.2) is 0 Å². The van der Waals surface area contributed by atoms with E-state index in [-0.39, 0.29) is 163 Å². The molecular weight excluding hydrogens is 875 g/mol. The number of likely N-dealkylation sites (N-methyl/N-ethyl adjacent to an activating group) is 7. The van der Waals surface area contributed by atoms with Crippen LogP contribution in [0.4, 0.5) is 0 Å². The van der Waals surface area contributed by atoms with Crippen molar-refractivity contribution < 1.29 is 0 Å². The topological polar surface area (TPSA) is 111 Å². The van der Waals surface area contributed by atoms with Gasteiger partial charge in [-0.1, -0.05) is 205 Å². The van der Waals surface area contributed by atoms with Crippen molar-refractivity contribution >= 4 is 0 Å². The van der Waals surface area contributed by atoms with Gasteiger partial charge in [0.25, 0.3) is 0 Å². The average molecular weight is 1060 g/mol. The minimum absolute atomic E-state index is 0. The zero-order valence-corrected chi connectivity index (χ0v) is 36.2. The van der Waals surface area contributed by atoms with Crippen LogP contribution >= 0.6 is 0 Å². The van der Waals surface area contributed by atoms with Crippen LogP contribution < -0.4 is 37.6 Å². The van der Waals surface area contributed by atoms with E-state index in [1.54, 1.807) is 0 Å². The Morgan fingerprint density at radius 1 is 0.324 bits per heavy atom. The summed E-state index contributed by atoms with van der Waals surface area (Å²) in [6.07, 6.45) is 6.20. The van der Waals surface area contributed by atoms with E-state index >= 15 is 0 Å². The van der Waals surface area contributed by atoms with Crippen molar-refractivity contribution in [3.05, 3.63) is 0 Å². The summed E-state index contributed by atoms with van der Waals surface area (Å²) in [5, 5.41) is 18.9. The number of nitrogens with zero attached hydrogens (tertiary/aromatic N) is 4. The van der Waals surface area contributed by atoms with Gasteiger partial charge in [0.15, 0.2) is 0 Å². The summed E-state index contributed by atoms with van der Waals surface area (Å²) in [4.78, 5) is 9.67. The molecule has 0 saturated carbocycles. The molecule has 0 radical (unpaired) electrons. The number of hydrogen-bond donors (Lipinski definition) is 7. The van der Waals surface area contributed by atoms with E-state index in [9.17, 15) is 0 Å². The maximum atomic E-state index is 5.47. The third kappa shape index (κ3) is 184. The molecule has 480 valence electrons. The molecule has 11 nitrogen and oxygen atoms in total. The van der Waals surface area contributed by atoms with Gasteiger partial charge in [-0.2, -0.15) is 0 Å². The van der Waals surface area contributed by atoms with Gasteiger partial charge in [0.05, 0.1) is 0 Å². The first-order valence-electron chi connectivity index (χ1n) is 20.1. The highest BCUT2D eigenvalue weighted by atomic mass is 15.2. The molecule has 8 N–H and O–H groups in total. The summed E-state index contributed by atoms with van der Waals surface area (Å²) in [6, 6.07) is 0.684. The van der Waals surface area contributed by atoms with Crippen LogP contribution in [-0.4, -0.2) is 186 Å². The summed E-state index contributed by atoms with van der Waals surface area (Å²) in [5.74, 6) is 0. The van der Waals surface area contributed by atoms with E-state index in [0.29, 0.717) is 6.04 Å². The maximum Gasteiger partial charge on any atom is 0.0109 e. The lowest BCUT2D eigenvalue weighted by atomic mass is 10.3. The van der Waals surface area contributed by atoms with E-state index in [0.717, 1.165) is 72.0 Å². The van der Waals surface area contributed by atoms with Crippen LogP contribution in [0, 0.1) is 0 Å². The second-order valence-corrected chi connectivity index (χ2v) is 12.8. The molecule has 0 unspecified atom stereocenters. The quantitative estimate of drug-likeness (QED) is 0.0364. The summed E-state index contributed by atoms with van der Waals surface area (Å²) >= 11 is 0. The van der Waals surface area contributed by atoms with Crippen molar-refractivity contribution in [2.75, 3.05) is 160 Å². The van der Waals surface area contributed by atoms with E-state index in [1.165, 1.54) is 77.9 Å². The Morgan fingerprint density at radius 3 is 0.915 bits per heavy atom. The fraction of sp³-hybridized carbons (Fsp3) is 1.00. The monoisotopic (exact) mass is 1060 g/mol. The number of nitrogens with two attached hydrogens (primary N) is 1. The van der Waals surface area contributed by atoms with Crippen LogP contribution in [0.15, 0.2) is 0 Å². The fourth-order valence-corrected chi connectivity index (χ4v) is 4.60. The standard InChI is InChI=1S/C9H22N2.C8H21N3.C8H20N2.C7H18N2.C6H16N2.22CH4/c1-5-7-11(9(2)3)8-6-10-4;1-3-6-11(7-4-9)8-5-10-2;1-4-7-10(5-2)8-6-9-3;1-4-6-9(3)7-5-8-2;1-3-4-8-6-5-7-2;;;;;;;;;;;;;;;;;;;;;;/h9-10H,5-8H2,1-4H3;10H,3-9H2,1-2H3;9H,4-8H2,1-3H3;8H,4-7H2,1-3H3;7-8H,3-6H2,1-2H3;22*1H4. The molecule has 0 aromatic rings. The Labute approximate surface area is 472 Å². The van der Waals surface area contributed by atoms with Crippen LogP contribution in [0.1, 0.15) is 251 Å². The Kier molecular flexibility index (Phi) is 437. The number of rotatable bonds is 29. The van der Waals surface area contributed by atoms with Crippen LogP contribution in [-0.2, 0) is 0 Å². The van der Waals surface area contributed by atoms with E-state index in [1.807, 2.05) is 35.2 Å². The van der Waals surface area contributed by atoms with Gasteiger partial charge < -0.3 is 52.3 Å². The van der Waals surface area contributed by atoms with Crippen molar-refractivity contribution in [1.82, 2.24) is 51.5 Å². The smallest absolute Gasteiger partial charge is 0.0109 e. The molecule has 0 atom stereocenters. The molecule has 0 bridgehead atoms. The first-order chi connectivity index (χ1) is 23.6. The molecule has 0 heterocycles. The molecule has 0 fully saturated rings. The molecule has 0 saturated heterocycles. The summed E-state index contributed by atoms with van der Waals surface area (Å²) in [6.45, 7) is 37.8. The van der Waals surface area contributed by atoms with Crippen molar-refractivity contribution in [2.45, 2.75) is 257 Å². The van der Waals surface area contributed by atoms with Crippen molar-refractivity contribution in [3.63, 3.8) is 0 Å². The van der Waals surface area contributed by atoms with Crippen molar-refractivity contribution in [3.8, 4) is 0 Å². The van der Waals surface area contributed by atoms with Crippen molar-refractivity contribution in [2.24, 2.45) is 5.73 Å². The molecule has 11 heteroatoms. The van der Waals surface area contributed by atoms with Crippen LogP contribution in [0.25, 0.3) is 0 Å². The highest BCUT2D eigenvalue weighted by molar-refractivity contribution is 4.62. The normalized spacial score (nSPS) is 7.44. The van der Waals surface area contributed by atoms with Gasteiger partial charge in [-0.05, 0) is 128 Å². The Morgan fingerprint density at radius 2 is 0.634 bits per heavy atom. The largest absolute Gasteiger partial charge is 0.329 e. The van der Waals surface area contributed by atoms with Crippen molar-refractivity contribution in [1.29, 1.82) is 0 Å². The van der Waals surface area contributed by atoms with E-state index in [4.69, 9.17) is 5.73 Å². The predicted molar refractivity (Wildman–Crippen MR) is 374 cm³/mol. The van der Waals surface area contributed by atoms with Crippen LogP contribution in [0.2, 0.25) is 0 Å². The maximum absolute atomic E-state index is 5.47. The van der Waals surface area contributed by atoms with Gasteiger partial charge in [-0.15, -0.1) is 0 Å². The zero-order chi connectivity index (χ0) is 38.4. The molecule has 0 amide bonds. The second kappa shape index (κ2) is 172. The molecular formula is C60H185N11. The van der Waals surface area contributed by atoms with Gasteiger partial charge in [0, 0.05) is 84.6 Å². The first-order valence-corrected chi connectivity index (χ1v) is 20.1. The number of hydrogen-bond acceptors (Lipinski definition) is 11. The molecule has 0 spiro atoms. The number of nitrogens with one attached hydrogen (secondary N) is 6. The average Bonchev–Trinajstić information content (AvgIpc) is 3.09. The highest BCUT2D eigenvalue weighted by Crippen LogP contribution is 1.97. The lowest BCUT2D eigenvalue weighted by Gasteiger charge is -2.25. The Hall–Kier alpha value is -0.440. The Bertz CT molecular complexity index is 511. The minimum Gasteiger partial charge on any atom is -0.329 e. The lowest BCUT2D eigenvalue weighted by molar-refractivity contribution is 0.224. The molecule has 0 aliphatic carbocycles. The highest BCUT2D eigenvalue weighted by Gasteiger charge is 2.06. The summed E-state index contributed by atoms with van der Waals surface area (Å²) < 4.78 is 0. The SMILES string of the molecule is C.C.C.C.C.C.C.C.C.C.C.C.C.C.C.C.C.C.C.C.C.C.CCCN(C)CCNC.CCCN(CC)CCNC.CCCN(CCN)CCNC.CCCN(CCNC)C(C)C.CCCNCCNC. The molecule has 71 heavy (non-hydrogen) atoms. The Balaban J connectivity index is -0.0000000127. The second-order valence-electron chi connectivity index (χ2n) is 12.8. The molecule has 0 aromatic heterocycles. The molecule has 0 aromatic carbocycles. The van der Waals surface area contributed by atoms with Gasteiger partial charge >= 0.3 is 0 Å². The minimum atomic E-state index is 0. The van der Waals surface area contributed by atoms with Gasteiger partial charge in [0.2, 0.25) is 0 Å². The summed E-state index contributed by atoms with van der Waals surface area (Å²) in [7, 11) is 12.1. The first kappa shape index (κ1) is 180. The van der Waals surface area contributed by atoms with E-state index in [2.05, 4.69) is 114 Å².